The largest absolute Gasteiger partial charge is 0.359 e. The fourth-order valence-electron chi connectivity index (χ4n) is 1.50. The zero-order valence-corrected chi connectivity index (χ0v) is 10.8. The fraction of sp³-hybridized carbons (Fsp3) is 0.455. The van der Waals surface area contributed by atoms with E-state index in [1.165, 1.54) is 17.0 Å². The smallest absolute Gasteiger partial charge is 0.290 e. The number of nitrogens with one attached hydrogen (secondary N) is 1. The van der Waals surface area contributed by atoms with E-state index in [2.05, 4.69) is 10.3 Å². The van der Waals surface area contributed by atoms with Gasteiger partial charge in [-0.15, -0.1) is 0 Å². The van der Waals surface area contributed by atoms with E-state index in [1.807, 2.05) is 0 Å². The summed E-state index contributed by atoms with van der Waals surface area (Å²) in [6, 6.07) is 2.43. The number of carbonyl (C=O) groups is 1. The molecule has 0 saturated heterocycles. The van der Waals surface area contributed by atoms with Gasteiger partial charge in [0.25, 0.3) is 5.69 Å². The molecule has 1 rings (SSSR count). The van der Waals surface area contributed by atoms with E-state index >= 15 is 0 Å². The Labute approximate surface area is 105 Å². The lowest BCUT2D eigenvalue weighted by Crippen LogP contribution is -2.36. The van der Waals surface area contributed by atoms with Gasteiger partial charge in [0.1, 0.15) is 17.6 Å². The van der Waals surface area contributed by atoms with Crippen LogP contribution in [0.3, 0.4) is 0 Å². The van der Waals surface area contributed by atoms with Crippen LogP contribution in [0.4, 0.5) is 11.5 Å². The average molecular weight is 252 g/mol. The molecule has 98 valence electrons. The Kier molecular flexibility index (Phi) is 4.19. The van der Waals surface area contributed by atoms with Crippen molar-refractivity contribution >= 4 is 17.4 Å². The molecular weight excluding hydrogens is 236 g/mol. The van der Waals surface area contributed by atoms with Gasteiger partial charge in [-0.05, 0) is 19.9 Å². The highest BCUT2D eigenvalue weighted by molar-refractivity contribution is 5.83. The third-order valence-electron chi connectivity index (χ3n) is 2.43. The van der Waals surface area contributed by atoms with Crippen LogP contribution < -0.4 is 5.32 Å². The molecule has 1 aromatic rings. The third kappa shape index (κ3) is 3.16. The maximum atomic E-state index is 11.6. The maximum Gasteiger partial charge on any atom is 0.290 e. The van der Waals surface area contributed by atoms with Crippen LogP contribution in [0, 0.1) is 17.0 Å². The minimum Gasteiger partial charge on any atom is -0.359 e. The minimum atomic E-state index is -0.486. The van der Waals surface area contributed by atoms with Crippen LogP contribution in [0.25, 0.3) is 0 Å². The molecule has 0 fully saturated rings. The summed E-state index contributed by atoms with van der Waals surface area (Å²) in [6.07, 6.45) is 0. The molecule has 1 heterocycles. The van der Waals surface area contributed by atoms with Crippen LogP contribution in [0.2, 0.25) is 0 Å². The number of aromatic nitrogens is 1. The summed E-state index contributed by atoms with van der Waals surface area (Å²) < 4.78 is 0. The van der Waals surface area contributed by atoms with E-state index < -0.39 is 11.0 Å². The number of likely N-dealkylation sites (N-methyl/N-ethyl adjacent to an activating group) is 1. The van der Waals surface area contributed by atoms with Crippen molar-refractivity contribution in [2.45, 2.75) is 19.9 Å². The van der Waals surface area contributed by atoms with Gasteiger partial charge in [0.2, 0.25) is 5.91 Å². The number of hydrogen-bond acceptors (Lipinski definition) is 5. The topological polar surface area (TPSA) is 88.4 Å². The average Bonchev–Trinajstić information content (AvgIpc) is 2.27. The summed E-state index contributed by atoms with van der Waals surface area (Å²) in [5.41, 5.74) is 0.279. The Morgan fingerprint density at radius 1 is 1.50 bits per heavy atom. The lowest BCUT2D eigenvalue weighted by Gasteiger charge is -2.18. The van der Waals surface area contributed by atoms with E-state index in [1.54, 1.807) is 27.9 Å². The Morgan fingerprint density at radius 3 is 2.56 bits per heavy atom. The second kappa shape index (κ2) is 5.44. The van der Waals surface area contributed by atoms with Crippen LogP contribution in [0.5, 0.6) is 0 Å². The SMILES string of the molecule is Cc1nc(N[C@@H](C)C(=O)N(C)C)ccc1[N+](=O)[O-]. The number of rotatable bonds is 4. The third-order valence-corrected chi connectivity index (χ3v) is 2.43. The van der Waals surface area contributed by atoms with Crippen molar-refractivity contribution in [2.24, 2.45) is 0 Å². The van der Waals surface area contributed by atoms with E-state index in [0.29, 0.717) is 11.5 Å². The van der Waals surface area contributed by atoms with E-state index in [4.69, 9.17) is 0 Å². The van der Waals surface area contributed by atoms with Crippen molar-refractivity contribution in [3.8, 4) is 0 Å². The quantitative estimate of drug-likeness (QED) is 0.642. The first-order valence-electron chi connectivity index (χ1n) is 5.42. The molecule has 0 aliphatic heterocycles. The predicted molar refractivity (Wildman–Crippen MR) is 67.4 cm³/mol. The van der Waals surface area contributed by atoms with Crippen LogP contribution in [0.15, 0.2) is 12.1 Å². The molecule has 0 aromatic carbocycles. The van der Waals surface area contributed by atoms with Crippen LogP contribution in [-0.4, -0.2) is 40.9 Å². The fourth-order valence-corrected chi connectivity index (χ4v) is 1.50. The van der Waals surface area contributed by atoms with Gasteiger partial charge >= 0.3 is 0 Å². The Morgan fingerprint density at radius 2 is 2.11 bits per heavy atom. The zero-order chi connectivity index (χ0) is 13.9. The summed E-state index contributed by atoms with van der Waals surface area (Å²) in [5, 5.41) is 13.5. The van der Waals surface area contributed by atoms with Gasteiger partial charge in [-0.1, -0.05) is 0 Å². The molecule has 0 spiro atoms. The van der Waals surface area contributed by atoms with Gasteiger partial charge in [-0.3, -0.25) is 14.9 Å². The highest BCUT2D eigenvalue weighted by Gasteiger charge is 2.17. The first-order valence-corrected chi connectivity index (χ1v) is 5.42. The van der Waals surface area contributed by atoms with Gasteiger partial charge in [-0.2, -0.15) is 0 Å². The second-order valence-corrected chi connectivity index (χ2v) is 4.16. The minimum absolute atomic E-state index is 0.0351. The second-order valence-electron chi connectivity index (χ2n) is 4.16. The highest BCUT2D eigenvalue weighted by Crippen LogP contribution is 2.18. The van der Waals surface area contributed by atoms with Crippen LogP contribution in [0.1, 0.15) is 12.6 Å². The van der Waals surface area contributed by atoms with Gasteiger partial charge in [0.05, 0.1) is 4.92 Å². The van der Waals surface area contributed by atoms with Gasteiger partial charge < -0.3 is 10.2 Å². The normalized spacial score (nSPS) is 11.8. The van der Waals surface area contributed by atoms with E-state index in [0.717, 1.165) is 0 Å². The number of pyridine rings is 1. The molecule has 7 heteroatoms. The number of carbonyl (C=O) groups excluding carboxylic acids is 1. The lowest BCUT2D eigenvalue weighted by atomic mass is 10.2. The predicted octanol–water partition coefficient (Wildman–Crippen LogP) is 1.19. The molecule has 18 heavy (non-hydrogen) atoms. The number of nitro groups is 1. The molecule has 0 radical (unpaired) electrons. The van der Waals surface area contributed by atoms with E-state index in [-0.39, 0.29) is 11.6 Å². The van der Waals surface area contributed by atoms with Gasteiger partial charge in [-0.25, -0.2) is 4.98 Å². The molecule has 7 nitrogen and oxygen atoms in total. The molecule has 0 bridgehead atoms. The first-order chi connectivity index (χ1) is 8.32. The summed E-state index contributed by atoms with van der Waals surface area (Å²) in [6.45, 7) is 3.27. The number of aryl methyl sites for hydroxylation is 1. The van der Waals surface area contributed by atoms with Crippen molar-refractivity contribution in [1.29, 1.82) is 0 Å². The summed E-state index contributed by atoms with van der Waals surface area (Å²) in [4.78, 5) is 27.3. The molecule has 1 amide bonds. The van der Waals surface area contributed by atoms with Gasteiger partial charge in [0, 0.05) is 20.2 Å². The van der Waals surface area contributed by atoms with Crippen LogP contribution in [-0.2, 0) is 4.79 Å². The Bertz CT molecular complexity index is 473. The molecule has 0 unspecified atom stereocenters. The van der Waals surface area contributed by atoms with Crippen molar-refractivity contribution < 1.29 is 9.72 Å². The van der Waals surface area contributed by atoms with Crippen LogP contribution >= 0.6 is 0 Å². The summed E-state index contributed by atoms with van der Waals surface area (Å²) in [7, 11) is 3.32. The number of amides is 1. The summed E-state index contributed by atoms with van der Waals surface area (Å²) in [5.74, 6) is 0.355. The standard InChI is InChI=1S/C11H16N4O3/c1-7-9(15(17)18)5-6-10(12-7)13-8(2)11(16)14(3)4/h5-6,8H,1-4H3,(H,12,13)/t8-/m0/s1. The highest BCUT2D eigenvalue weighted by atomic mass is 16.6. The number of hydrogen-bond donors (Lipinski definition) is 1. The van der Waals surface area contributed by atoms with Crippen molar-refractivity contribution in [2.75, 3.05) is 19.4 Å². The Balaban J connectivity index is 2.84. The van der Waals surface area contributed by atoms with Crippen molar-refractivity contribution in [1.82, 2.24) is 9.88 Å². The van der Waals surface area contributed by atoms with Crippen molar-refractivity contribution in [3.63, 3.8) is 0 Å². The van der Waals surface area contributed by atoms with Gasteiger partial charge in [0.15, 0.2) is 0 Å². The molecule has 0 aliphatic rings. The monoisotopic (exact) mass is 252 g/mol. The zero-order valence-electron chi connectivity index (χ0n) is 10.8. The number of nitrogens with zero attached hydrogens (tertiary/aromatic N) is 3. The molecule has 0 aliphatic carbocycles. The van der Waals surface area contributed by atoms with Crippen molar-refractivity contribution in [3.05, 3.63) is 27.9 Å². The molecular formula is C11H16N4O3. The Hall–Kier alpha value is -2.18. The lowest BCUT2D eigenvalue weighted by molar-refractivity contribution is -0.385. The molecule has 0 saturated carbocycles. The molecule has 1 aromatic heterocycles. The molecule has 1 atom stereocenters. The van der Waals surface area contributed by atoms with E-state index in [9.17, 15) is 14.9 Å². The summed E-state index contributed by atoms with van der Waals surface area (Å²) >= 11 is 0. The molecule has 1 N–H and O–H groups in total. The number of anilines is 1. The maximum absolute atomic E-state index is 11.6. The first kappa shape index (κ1) is 13.9.